The lowest BCUT2D eigenvalue weighted by Gasteiger charge is -2.13. The molecule has 0 saturated carbocycles. The van der Waals surface area contributed by atoms with Gasteiger partial charge < -0.3 is 18.6 Å². The van der Waals surface area contributed by atoms with Crippen molar-refractivity contribution in [1.29, 1.82) is 0 Å². The minimum Gasteiger partial charge on any atom is -0.493 e. The minimum atomic E-state index is -0.435. The van der Waals surface area contributed by atoms with Crippen LogP contribution in [-0.4, -0.2) is 37.4 Å². The second-order valence-electron chi connectivity index (χ2n) is 5.13. The van der Waals surface area contributed by atoms with E-state index in [4.69, 9.17) is 18.6 Å². The van der Waals surface area contributed by atoms with Gasteiger partial charge in [-0.25, -0.2) is 0 Å². The summed E-state index contributed by atoms with van der Waals surface area (Å²) in [4.78, 5) is 13.6. The van der Waals surface area contributed by atoms with Crippen LogP contribution < -0.4 is 19.5 Å². The Morgan fingerprint density at radius 3 is 2.46 bits per heavy atom. The lowest BCUT2D eigenvalue weighted by Crippen LogP contribution is -2.13. The molecule has 9 heteroatoms. The van der Waals surface area contributed by atoms with Crippen molar-refractivity contribution < 1.29 is 23.4 Å². The summed E-state index contributed by atoms with van der Waals surface area (Å²) < 4.78 is 21.2. The molecule has 0 bridgehead atoms. The summed E-state index contributed by atoms with van der Waals surface area (Å²) >= 11 is 1.59. The standard InChI is InChI=1S/C17H17N3O5S/c1-22-12-7-10(8-13(23-2)15(12)24-3)16(21)18-17-20-19-14(25-17)9-11-5-4-6-26-11/h4-8H,9H2,1-3H3,(H,18,20,21). The van der Waals surface area contributed by atoms with Crippen molar-refractivity contribution in [3.63, 3.8) is 0 Å². The Bertz CT molecular complexity index is 867. The van der Waals surface area contributed by atoms with Crippen molar-refractivity contribution >= 4 is 23.3 Å². The highest BCUT2D eigenvalue weighted by atomic mass is 32.1. The normalized spacial score (nSPS) is 10.4. The summed E-state index contributed by atoms with van der Waals surface area (Å²) in [5.74, 6) is 1.15. The molecule has 0 aliphatic rings. The average Bonchev–Trinajstić information content (AvgIpc) is 3.32. The molecule has 1 amide bonds. The Morgan fingerprint density at radius 1 is 1.15 bits per heavy atom. The number of rotatable bonds is 7. The first-order valence-corrected chi connectivity index (χ1v) is 8.48. The van der Waals surface area contributed by atoms with Crippen molar-refractivity contribution in [2.45, 2.75) is 6.42 Å². The molecule has 0 unspecified atom stereocenters. The predicted octanol–water partition coefficient (Wildman–Crippen LogP) is 3.00. The SMILES string of the molecule is COc1cc(C(=O)Nc2nnc(Cc3cccs3)o2)cc(OC)c1OC. The topological polar surface area (TPSA) is 95.7 Å². The van der Waals surface area contributed by atoms with Gasteiger partial charge in [-0.3, -0.25) is 10.1 Å². The highest BCUT2D eigenvalue weighted by Gasteiger charge is 2.18. The van der Waals surface area contributed by atoms with Crippen LogP contribution >= 0.6 is 11.3 Å². The van der Waals surface area contributed by atoms with Crippen LogP contribution in [0.25, 0.3) is 0 Å². The van der Waals surface area contributed by atoms with E-state index in [0.717, 1.165) is 4.88 Å². The van der Waals surface area contributed by atoms with E-state index in [0.29, 0.717) is 35.1 Å². The molecule has 3 aromatic rings. The van der Waals surface area contributed by atoms with Crippen LogP contribution in [0.15, 0.2) is 34.1 Å². The minimum absolute atomic E-state index is 0.0234. The van der Waals surface area contributed by atoms with E-state index < -0.39 is 5.91 Å². The summed E-state index contributed by atoms with van der Waals surface area (Å²) in [6.45, 7) is 0. The molecule has 1 aromatic carbocycles. The van der Waals surface area contributed by atoms with Crippen molar-refractivity contribution in [1.82, 2.24) is 10.2 Å². The third-order valence-corrected chi connectivity index (χ3v) is 4.40. The molecule has 0 atom stereocenters. The fourth-order valence-electron chi connectivity index (χ4n) is 2.32. The predicted molar refractivity (Wildman–Crippen MR) is 95.5 cm³/mol. The number of anilines is 1. The average molecular weight is 375 g/mol. The fraction of sp³-hybridized carbons (Fsp3) is 0.235. The Morgan fingerprint density at radius 2 is 1.88 bits per heavy atom. The monoisotopic (exact) mass is 375 g/mol. The van der Waals surface area contributed by atoms with E-state index in [1.807, 2.05) is 17.5 Å². The molecule has 0 spiro atoms. The van der Waals surface area contributed by atoms with Crippen LogP contribution in [0.2, 0.25) is 0 Å². The fourth-order valence-corrected chi connectivity index (χ4v) is 3.02. The molecule has 0 radical (unpaired) electrons. The van der Waals surface area contributed by atoms with Gasteiger partial charge in [-0.05, 0) is 23.6 Å². The van der Waals surface area contributed by atoms with Crippen LogP contribution in [-0.2, 0) is 6.42 Å². The number of aromatic nitrogens is 2. The van der Waals surface area contributed by atoms with Gasteiger partial charge in [-0.2, -0.15) is 0 Å². The molecule has 8 nitrogen and oxygen atoms in total. The lowest BCUT2D eigenvalue weighted by atomic mass is 10.1. The van der Waals surface area contributed by atoms with Crippen molar-refractivity contribution in [2.24, 2.45) is 0 Å². The molecular weight excluding hydrogens is 358 g/mol. The van der Waals surface area contributed by atoms with E-state index in [9.17, 15) is 4.79 Å². The number of carbonyl (C=O) groups excluding carboxylic acids is 1. The van der Waals surface area contributed by atoms with E-state index in [1.54, 1.807) is 23.5 Å². The van der Waals surface area contributed by atoms with Gasteiger partial charge in [0.1, 0.15) is 0 Å². The van der Waals surface area contributed by atoms with Gasteiger partial charge in [0, 0.05) is 10.4 Å². The van der Waals surface area contributed by atoms with Crippen molar-refractivity contribution in [2.75, 3.05) is 26.6 Å². The van der Waals surface area contributed by atoms with Crippen LogP contribution in [0.3, 0.4) is 0 Å². The lowest BCUT2D eigenvalue weighted by molar-refractivity contribution is 0.102. The molecule has 2 aromatic heterocycles. The first-order chi connectivity index (χ1) is 12.6. The maximum absolute atomic E-state index is 12.5. The Hall–Kier alpha value is -3.07. The van der Waals surface area contributed by atoms with Crippen molar-refractivity contribution in [3.8, 4) is 17.2 Å². The van der Waals surface area contributed by atoms with Gasteiger partial charge in [0.05, 0.1) is 27.8 Å². The Labute approximate surface area is 153 Å². The summed E-state index contributed by atoms with van der Waals surface area (Å²) in [5, 5.41) is 12.3. The molecule has 0 aliphatic carbocycles. The zero-order valence-corrected chi connectivity index (χ0v) is 15.3. The Kier molecular flexibility index (Phi) is 5.37. The molecule has 0 saturated heterocycles. The zero-order valence-electron chi connectivity index (χ0n) is 14.4. The van der Waals surface area contributed by atoms with E-state index in [-0.39, 0.29) is 6.01 Å². The van der Waals surface area contributed by atoms with Crippen LogP contribution in [0.5, 0.6) is 17.2 Å². The third-order valence-electron chi connectivity index (χ3n) is 3.52. The molecule has 26 heavy (non-hydrogen) atoms. The number of methoxy groups -OCH3 is 3. The first-order valence-electron chi connectivity index (χ1n) is 7.60. The smallest absolute Gasteiger partial charge is 0.322 e. The van der Waals surface area contributed by atoms with Crippen molar-refractivity contribution in [3.05, 3.63) is 46.0 Å². The maximum atomic E-state index is 12.5. The highest BCUT2D eigenvalue weighted by molar-refractivity contribution is 7.09. The quantitative estimate of drug-likeness (QED) is 0.678. The van der Waals surface area contributed by atoms with Gasteiger partial charge in [0.2, 0.25) is 11.6 Å². The summed E-state index contributed by atoms with van der Waals surface area (Å²) in [6.07, 6.45) is 0.519. The summed E-state index contributed by atoms with van der Waals surface area (Å²) in [6, 6.07) is 7.03. The van der Waals surface area contributed by atoms with E-state index in [1.165, 1.54) is 21.3 Å². The Balaban J connectivity index is 1.76. The van der Waals surface area contributed by atoms with Gasteiger partial charge in [-0.1, -0.05) is 11.2 Å². The van der Waals surface area contributed by atoms with E-state index in [2.05, 4.69) is 15.5 Å². The number of ether oxygens (including phenoxy) is 3. The van der Waals surface area contributed by atoms with Crippen LogP contribution in [0.4, 0.5) is 6.01 Å². The molecule has 3 rings (SSSR count). The third kappa shape index (κ3) is 3.77. The zero-order chi connectivity index (χ0) is 18.5. The van der Waals surface area contributed by atoms with Gasteiger partial charge in [0.15, 0.2) is 11.5 Å². The number of nitrogens with zero attached hydrogens (tertiary/aromatic N) is 2. The number of carbonyl (C=O) groups is 1. The summed E-state index contributed by atoms with van der Waals surface area (Å²) in [7, 11) is 4.45. The maximum Gasteiger partial charge on any atom is 0.322 e. The van der Waals surface area contributed by atoms with Crippen LogP contribution in [0, 0.1) is 0 Å². The number of thiophene rings is 1. The number of hydrogen-bond donors (Lipinski definition) is 1. The van der Waals surface area contributed by atoms with E-state index >= 15 is 0 Å². The first kappa shape index (κ1) is 17.7. The van der Waals surface area contributed by atoms with Gasteiger partial charge in [-0.15, -0.1) is 16.4 Å². The molecule has 0 fully saturated rings. The molecule has 136 valence electrons. The number of amides is 1. The molecule has 0 aliphatic heterocycles. The number of nitrogens with one attached hydrogen (secondary N) is 1. The number of benzene rings is 1. The molecule has 1 N–H and O–H groups in total. The second-order valence-corrected chi connectivity index (χ2v) is 6.16. The number of hydrogen-bond acceptors (Lipinski definition) is 8. The van der Waals surface area contributed by atoms with Gasteiger partial charge >= 0.3 is 6.01 Å². The van der Waals surface area contributed by atoms with Gasteiger partial charge in [0.25, 0.3) is 5.91 Å². The highest BCUT2D eigenvalue weighted by Crippen LogP contribution is 2.38. The van der Waals surface area contributed by atoms with Crippen LogP contribution in [0.1, 0.15) is 21.1 Å². The molecule has 2 heterocycles. The summed E-state index contributed by atoms with van der Waals surface area (Å²) in [5.41, 5.74) is 0.303. The molecular formula is C17H17N3O5S. The second kappa shape index (κ2) is 7.87. The largest absolute Gasteiger partial charge is 0.493 e.